The number of hydrogen-bond acceptors (Lipinski definition) is 4. The van der Waals surface area contributed by atoms with Crippen LogP contribution in [0.1, 0.15) is 55.3 Å². The maximum absolute atomic E-state index is 12.6. The van der Waals surface area contributed by atoms with Crippen LogP contribution < -0.4 is 0 Å². The molecule has 1 aromatic carbocycles. The number of nitriles is 1. The summed E-state index contributed by atoms with van der Waals surface area (Å²) in [6.07, 6.45) is 5.99. The molecule has 24 heavy (non-hydrogen) atoms. The maximum atomic E-state index is 12.6. The van der Waals surface area contributed by atoms with Gasteiger partial charge in [0.05, 0.1) is 11.6 Å². The van der Waals surface area contributed by atoms with E-state index in [-0.39, 0.29) is 12.3 Å². The van der Waals surface area contributed by atoms with Gasteiger partial charge in [-0.3, -0.25) is 4.79 Å². The van der Waals surface area contributed by atoms with E-state index in [0.29, 0.717) is 24.8 Å². The molecule has 0 heterocycles. The van der Waals surface area contributed by atoms with Crippen molar-refractivity contribution in [1.29, 1.82) is 5.26 Å². The highest BCUT2D eigenvalue weighted by atomic mass is 16.7. The Morgan fingerprint density at radius 3 is 2.50 bits per heavy atom. The summed E-state index contributed by atoms with van der Waals surface area (Å²) in [4.78, 5) is 30.4. The van der Waals surface area contributed by atoms with Crippen molar-refractivity contribution in [2.75, 3.05) is 0 Å². The van der Waals surface area contributed by atoms with E-state index in [1.165, 1.54) is 0 Å². The van der Waals surface area contributed by atoms with Crippen molar-refractivity contribution in [3.8, 4) is 6.07 Å². The van der Waals surface area contributed by atoms with E-state index < -0.39 is 11.5 Å². The Bertz CT molecular complexity index is 628. The molecule has 2 rings (SSSR count). The van der Waals surface area contributed by atoms with Gasteiger partial charge in [-0.05, 0) is 44.2 Å². The first-order valence-electron chi connectivity index (χ1n) is 8.25. The second-order valence-corrected chi connectivity index (χ2v) is 5.96. The van der Waals surface area contributed by atoms with Crippen molar-refractivity contribution < 1.29 is 14.4 Å². The molecule has 0 radical (unpaired) electrons. The minimum Gasteiger partial charge on any atom is -0.331 e. The van der Waals surface area contributed by atoms with Crippen LogP contribution in [-0.4, -0.2) is 22.5 Å². The van der Waals surface area contributed by atoms with E-state index >= 15 is 0 Å². The molecule has 0 aromatic heterocycles. The van der Waals surface area contributed by atoms with E-state index in [0.717, 1.165) is 24.3 Å². The van der Waals surface area contributed by atoms with Crippen LogP contribution in [0.5, 0.6) is 0 Å². The van der Waals surface area contributed by atoms with Crippen LogP contribution in [0.2, 0.25) is 0 Å². The van der Waals surface area contributed by atoms with Gasteiger partial charge in [-0.25, -0.2) is 4.79 Å². The predicted molar refractivity (Wildman–Crippen MR) is 89.6 cm³/mol. The average molecular weight is 326 g/mol. The van der Waals surface area contributed by atoms with Crippen molar-refractivity contribution >= 4 is 11.9 Å². The lowest BCUT2D eigenvalue weighted by molar-refractivity contribution is -0.191. The van der Waals surface area contributed by atoms with Crippen LogP contribution in [0, 0.1) is 11.3 Å². The van der Waals surface area contributed by atoms with Crippen molar-refractivity contribution in [2.24, 2.45) is 0 Å². The summed E-state index contributed by atoms with van der Waals surface area (Å²) < 4.78 is 0. The predicted octanol–water partition coefficient (Wildman–Crippen LogP) is 3.78. The third-order valence-electron chi connectivity index (χ3n) is 4.25. The average Bonchev–Trinajstić information content (AvgIpc) is 2.65. The maximum Gasteiger partial charge on any atom is 0.363 e. The molecule has 0 unspecified atom stereocenters. The van der Waals surface area contributed by atoms with Gasteiger partial charge in [0.1, 0.15) is 0 Å². The van der Waals surface area contributed by atoms with Crippen LogP contribution in [0.4, 0.5) is 0 Å². The molecule has 1 aliphatic rings. The number of benzene rings is 1. The number of hydroxylamine groups is 2. The molecule has 1 aromatic rings. The second-order valence-electron chi connectivity index (χ2n) is 5.96. The highest BCUT2D eigenvalue weighted by molar-refractivity contribution is 5.90. The number of allylic oxidation sites excluding steroid dienone is 1. The third-order valence-corrected chi connectivity index (χ3v) is 4.25. The Hall–Kier alpha value is -2.61. The lowest BCUT2D eigenvalue weighted by Crippen LogP contribution is -2.52. The van der Waals surface area contributed by atoms with Gasteiger partial charge in [0.25, 0.3) is 5.91 Å². The zero-order valence-electron chi connectivity index (χ0n) is 13.7. The summed E-state index contributed by atoms with van der Waals surface area (Å²) in [6, 6.07) is 10.7. The number of amides is 1. The summed E-state index contributed by atoms with van der Waals surface area (Å²) in [5.74, 6) is -0.981. The molecule has 126 valence electrons. The van der Waals surface area contributed by atoms with E-state index in [1.807, 2.05) is 0 Å². The zero-order chi connectivity index (χ0) is 17.4. The van der Waals surface area contributed by atoms with Crippen LogP contribution in [-0.2, 0) is 9.63 Å². The number of nitrogens with zero attached hydrogens (tertiary/aromatic N) is 2. The fourth-order valence-corrected chi connectivity index (χ4v) is 2.91. The summed E-state index contributed by atoms with van der Waals surface area (Å²) >= 11 is 0. The molecule has 5 heteroatoms. The molecular formula is C19H22N2O3. The summed E-state index contributed by atoms with van der Waals surface area (Å²) in [5, 5.41) is 10.7. The first kappa shape index (κ1) is 17.7. The van der Waals surface area contributed by atoms with E-state index in [4.69, 9.17) is 4.84 Å². The topological polar surface area (TPSA) is 70.4 Å². The minimum absolute atomic E-state index is 0.162. The molecule has 0 atom stereocenters. The lowest BCUT2D eigenvalue weighted by Gasteiger charge is -2.39. The minimum atomic E-state index is -1.07. The number of carbonyl (C=O) groups is 2. The van der Waals surface area contributed by atoms with Crippen molar-refractivity contribution in [2.45, 2.75) is 50.5 Å². The van der Waals surface area contributed by atoms with Gasteiger partial charge in [-0.2, -0.15) is 10.3 Å². The summed E-state index contributed by atoms with van der Waals surface area (Å²) in [5.41, 5.74) is -0.719. The van der Waals surface area contributed by atoms with Crippen molar-refractivity contribution in [1.82, 2.24) is 5.06 Å². The Labute approximate surface area is 142 Å². The Morgan fingerprint density at radius 2 is 1.92 bits per heavy atom. The third kappa shape index (κ3) is 4.02. The summed E-state index contributed by atoms with van der Waals surface area (Å²) in [6.45, 7) is 3.61. The highest BCUT2D eigenvalue weighted by Crippen LogP contribution is 2.34. The van der Waals surface area contributed by atoms with Gasteiger partial charge in [0.2, 0.25) is 0 Å². The molecule has 0 bridgehead atoms. The lowest BCUT2D eigenvalue weighted by atomic mass is 9.82. The van der Waals surface area contributed by atoms with Crippen LogP contribution in [0.3, 0.4) is 0 Å². The highest BCUT2D eigenvalue weighted by Gasteiger charge is 2.44. The Kier molecular flexibility index (Phi) is 6.14. The molecule has 1 aliphatic carbocycles. The van der Waals surface area contributed by atoms with Crippen molar-refractivity contribution in [3.05, 3.63) is 48.6 Å². The largest absolute Gasteiger partial charge is 0.363 e. The van der Waals surface area contributed by atoms with E-state index in [2.05, 4.69) is 12.6 Å². The quantitative estimate of drug-likeness (QED) is 0.610. The first-order valence-corrected chi connectivity index (χ1v) is 8.25. The van der Waals surface area contributed by atoms with Gasteiger partial charge in [-0.15, -0.1) is 6.58 Å². The smallest absolute Gasteiger partial charge is 0.331 e. The standard InChI is InChI=1S/C19H22N2O3/c1-2-3-12-17(22)21(19(15-20)13-8-5-9-14-19)24-18(23)16-10-6-4-7-11-16/h2,4,6-7,10-11H,1,3,5,8-9,12-14H2. The fourth-order valence-electron chi connectivity index (χ4n) is 2.91. The SMILES string of the molecule is C=CCCC(=O)N(OC(=O)c1ccccc1)C1(C#N)CCCCC1. The molecule has 1 saturated carbocycles. The van der Waals surface area contributed by atoms with Gasteiger partial charge in [-0.1, -0.05) is 30.7 Å². The molecule has 1 amide bonds. The van der Waals surface area contributed by atoms with Crippen LogP contribution in [0.25, 0.3) is 0 Å². The van der Waals surface area contributed by atoms with Gasteiger partial charge < -0.3 is 4.84 Å². The number of rotatable bonds is 5. The molecule has 0 saturated heterocycles. The number of hydrogen-bond donors (Lipinski definition) is 0. The first-order chi connectivity index (χ1) is 11.6. The molecule has 0 spiro atoms. The van der Waals surface area contributed by atoms with Crippen LogP contribution in [0.15, 0.2) is 43.0 Å². The summed E-state index contributed by atoms with van der Waals surface area (Å²) in [7, 11) is 0. The van der Waals surface area contributed by atoms with Crippen LogP contribution >= 0.6 is 0 Å². The molecular weight excluding hydrogens is 304 g/mol. The molecule has 0 N–H and O–H groups in total. The monoisotopic (exact) mass is 326 g/mol. The van der Waals surface area contributed by atoms with Gasteiger partial charge >= 0.3 is 5.97 Å². The fraction of sp³-hybridized carbons (Fsp3) is 0.421. The Balaban J connectivity index is 2.25. The van der Waals surface area contributed by atoms with E-state index in [9.17, 15) is 14.9 Å². The zero-order valence-corrected chi connectivity index (χ0v) is 13.7. The van der Waals surface area contributed by atoms with E-state index in [1.54, 1.807) is 36.4 Å². The molecule has 1 fully saturated rings. The van der Waals surface area contributed by atoms with Gasteiger partial charge in [0, 0.05) is 6.42 Å². The molecule has 0 aliphatic heterocycles. The Morgan fingerprint density at radius 1 is 1.25 bits per heavy atom. The normalized spacial score (nSPS) is 15.8. The van der Waals surface area contributed by atoms with Gasteiger partial charge in [0.15, 0.2) is 5.54 Å². The second kappa shape index (κ2) is 8.30. The molecule has 5 nitrogen and oxygen atoms in total. The number of carbonyl (C=O) groups excluding carboxylic acids is 2. The van der Waals surface area contributed by atoms with Crippen molar-refractivity contribution in [3.63, 3.8) is 0 Å².